The summed E-state index contributed by atoms with van der Waals surface area (Å²) in [4.78, 5) is 12.2. The molecule has 2 N–H and O–H groups in total. The first kappa shape index (κ1) is 27.3. The summed E-state index contributed by atoms with van der Waals surface area (Å²) < 4.78 is 21.4. The van der Waals surface area contributed by atoms with Gasteiger partial charge in [-0.25, -0.2) is 8.42 Å². The Hall–Kier alpha value is 0.250. The zero-order valence-electron chi connectivity index (χ0n) is 17.5. The minimum absolute atomic E-state index is 0.00127. The van der Waals surface area contributed by atoms with E-state index in [9.17, 15) is 13.2 Å². The van der Waals surface area contributed by atoms with Gasteiger partial charge in [-0.15, -0.1) is 0 Å². The van der Waals surface area contributed by atoms with Crippen LogP contribution in [0.3, 0.4) is 0 Å². The zero-order valence-corrected chi connectivity index (χ0v) is 20.6. The van der Waals surface area contributed by atoms with Crippen molar-refractivity contribution >= 4 is 50.5 Å². The molecule has 1 rings (SSSR count). The molecule has 9 heteroatoms. The first-order valence-electron chi connectivity index (χ1n) is 11.0. The van der Waals surface area contributed by atoms with Crippen LogP contribution in [-0.2, 0) is 14.6 Å². The molecule has 1 heterocycles. The molecule has 0 aromatic heterocycles. The second-order valence-electron chi connectivity index (χ2n) is 8.09. The Labute approximate surface area is 191 Å². The molecule has 172 valence electrons. The summed E-state index contributed by atoms with van der Waals surface area (Å²) in [6, 6.07) is -0.317. The molecule has 0 radical (unpaired) electrons. The average Bonchev–Trinajstić information content (AvgIpc) is 2.97. The van der Waals surface area contributed by atoms with Crippen molar-refractivity contribution in [2.45, 2.75) is 106 Å². The highest BCUT2D eigenvalue weighted by Gasteiger charge is 2.38. The molecule has 1 saturated heterocycles. The number of hydrogen-bond acceptors (Lipinski definition) is 4. The van der Waals surface area contributed by atoms with E-state index in [1.807, 2.05) is 0 Å². The number of hydrogen-bond donors (Lipinski definition) is 2. The highest BCUT2D eigenvalue weighted by atomic mass is 35.6. The van der Waals surface area contributed by atoms with Gasteiger partial charge in [-0.3, -0.25) is 10.1 Å². The summed E-state index contributed by atoms with van der Waals surface area (Å²) in [5, 5.41) is 5.68. The molecule has 0 aromatic rings. The van der Waals surface area contributed by atoms with Crippen LogP contribution in [0.15, 0.2) is 0 Å². The summed E-state index contributed by atoms with van der Waals surface area (Å²) in [7, 11) is -3.05. The van der Waals surface area contributed by atoms with Crippen molar-refractivity contribution in [1.29, 1.82) is 0 Å². The maximum atomic E-state index is 12.2. The van der Waals surface area contributed by atoms with Gasteiger partial charge in [0.1, 0.15) is 6.17 Å². The fourth-order valence-electron chi connectivity index (χ4n) is 3.56. The van der Waals surface area contributed by atoms with E-state index in [-0.39, 0.29) is 23.5 Å². The zero-order chi connectivity index (χ0) is 21.8. The van der Waals surface area contributed by atoms with E-state index in [1.165, 1.54) is 51.4 Å². The predicted molar refractivity (Wildman–Crippen MR) is 123 cm³/mol. The third-order valence-corrected chi connectivity index (χ3v) is 7.70. The Kier molecular flexibility index (Phi) is 13.5. The second-order valence-corrected chi connectivity index (χ2v) is 12.7. The van der Waals surface area contributed by atoms with E-state index < -0.39 is 19.8 Å². The van der Waals surface area contributed by atoms with Gasteiger partial charge in [0.15, 0.2) is 9.84 Å². The normalized spacial score (nSPS) is 19.9. The first-order valence-corrected chi connectivity index (χ1v) is 13.9. The molecule has 5 nitrogen and oxygen atoms in total. The average molecular weight is 492 g/mol. The Balaban J connectivity index is 2.16. The molecular formula is C20H37Cl3N2O3S. The maximum absolute atomic E-state index is 12.2. The number of alkyl halides is 3. The van der Waals surface area contributed by atoms with Gasteiger partial charge in [-0.1, -0.05) is 106 Å². The molecule has 1 aliphatic rings. The fraction of sp³-hybridized carbons (Fsp3) is 0.950. The molecule has 0 aliphatic carbocycles. The maximum Gasteiger partial charge on any atom is 0.223 e. The van der Waals surface area contributed by atoms with Gasteiger partial charge in [0.2, 0.25) is 9.70 Å². The van der Waals surface area contributed by atoms with Gasteiger partial charge in [0.05, 0.1) is 11.5 Å². The number of nitrogens with one attached hydrogen (secondary N) is 2. The molecule has 0 spiro atoms. The van der Waals surface area contributed by atoms with Gasteiger partial charge in [-0.05, 0) is 12.8 Å². The van der Waals surface area contributed by atoms with Crippen molar-refractivity contribution in [3.8, 4) is 0 Å². The van der Waals surface area contributed by atoms with Crippen LogP contribution in [-0.4, -0.2) is 41.8 Å². The first-order chi connectivity index (χ1) is 13.6. The van der Waals surface area contributed by atoms with Gasteiger partial charge < -0.3 is 5.32 Å². The van der Waals surface area contributed by atoms with Crippen LogP contribution in [0.25, 0.3) is 0 Å². The van der Waals surface area contributed by atoms with E-state index in [4.69, 9.17) is 34.8 Å². The lowest BCUT2D eigenvalue weighted by atomic mass is 10.1. The molecule has 0 saturated carbocycles. The van der Waals surface area contributed by atoms with Crippen molar-refractivity contribution in [2.24, 2.45) is 0 Å². The molecule has 1 amide bonds. The smallest absolute Gasteiger partial charge is 0.223 e. The lowest BCUT2D eigenvalue weighted by Crippen LogP contribution is -2.56. The van der Waals surface area contributed by atoms with E-state index in [0.29, 0.717) is 12.8 Å². The minimum atomic E-state index is -3.05. The van der Waals surface area contributed by atoms with Crippen LogP contribution in [0.2, 0.25) is 0 Å². The van der Waals surface area contributed by atoms with Gasteiger partial charge in [0, 0.05) is 12.5 Å². The van der Waals surface area contributed by atoms with Crippen LogP contribution in [0.5, 0.6) is 0 Å². The Bertz CT molecular complexity index is 568. The van der Waals surface area contributed by atoms with E-state index in [0.717, 1.165) is 19.3 Å². The third kappa shape index (κ3) is 13.3. The number of carbonyl (C=O) groups excluding carboxylic acids is 1. The van der Waals surface area contributed by atoms with Crippen LogP contribution in [0.1, 0.15) is 90.4 Å². The molecule has 29 heavy (non-hydrogen) atoms. The number of rotatable bonds is 15. The molecule has 1 aliphatic heterocycles. The molecule has 0 unspecified atom stereocenters. The predicted octanol–water partition coefficient (Wildman–Crippen LogP) is 5.28. The Morgan fingerprint density at radius 1 is 0.966 bits per heavy atom. The summed E-state index contributed by atoms with van der Waals surface area (Å²) in [6.45, 7) is 2.23. The van der Waals surface area contributed by atoms with Crippen LogP contribution < -0.4 is 10.6 Å². The van der Waals surface area contributed by atoms with Crippen molar-refractivity contribution in [2.75, 3.05) is 11.5 Å². The van der Waals surface area contributed by atoms with E-state index in [1.54, 1.807) is 0 Å². The summed E-state index contributed by atoms with van der Waals surface area (Å²) >= 11 is 17.9. The van der Waals surface area contributed by atoms with Crippen LogP contribution >= 0.6 is 34.8 Å². The lowest BCUT2D eigenvalue weighted by Gasteiger charge is -2.29. The monoisotopic (exact) mass is 490 g/mol. The third-order valence-electron chi connectivity index (χ3n) is 5.27. The van der Waals surface area contributed by atoms with E-state index >= 15 is 0 Å². The highest BCUT2D eigenvalue weighted by Crippen LogP contribution is 2.30. The largest absolute Gasteiger partial charge is 0.337 e. The summed E-state index contributed by atoms with van der Waals surface area (Å²) in [6.07, 6.45) is 13.3. The number of amides is 1. The molecule has 1 fully saturated rings. The number of unbranched alkanes of at least 4 members (excludes halogenated alkanes) is 10. The van der Waals surface area contributed by atoms with E-state index in [2.05, 4.69) is 17.6 Å². The molecule has 0 bridgehead atoms. The van der Waals surface area contributed by atoms with Crippen LogP contribution in [0.4, 0.5) is 0 Å². The summed E-state index contributed by atoms with van der Waals surface area (Å²) in [5.41, 5.74) is 0. The Morgan fingerprint density at radius 2 is 1.48 bits per heavy atom. The topological polar surface area (TPSA) is 75.3 Å². The van der Waals surface area contributed by atoms with Gasteiger partial charge in [-0.2, -0.15) is 0 Å². The standard InChI is InChI=1S/C20H37Cl3N2O3S/c1-2-3-4-5-6-7-8-9-10-11-12-13-18(26)25-19(20(21,22)23)24-17-14-15-29(27,28)16-17/h17,19,24H,2-16H2,1H3,(H,25,26)/t17-,19+/m0/s1. The quantitative estimate of drug-likeness (QED) is 0.186. The SMILES string of the molecule is CCCCCCCCCCCCCC(=O)N[C@@H](N[C@H]1CCS(=O)(=O)C1)C(Cl)(Cl)Cl. The second kappa shape index (κ2) is 14.3. The highest BCUT2D eigenvalue weighted by molar-refractivity contribution is 7.91. The van der Waals surface area contributed by atoms with Crippen molar-refractivity contribution in [1.82, 2.24) is 10.6 Å². The summed E-state index contributed by atoms with van der Waals surface area (Å²) in [5.74, 6) is -0.0755. The molecule has 0 aromatic carbocycles. The Morgan fingerprint density at radius 3 is 1.93 bits per heavy atom. The van der Waals surface area contributed by atoms with Crippen molar-refractivity contribution < 1.29 is 13.2 Å². The van der Waals surface area contributed by atoms with Gasteiger partial charge in [0.25, 0.3) is 0 Å². The van der Waals surface area contributed by atoms with Crippen molar-refractivity contribution in [3.05, 3.63) is 0 Å². The number of sulfone groups is 1. The fourth-order valence-corrected chi connectivity index (χ4v) is 5.60. The number of carbonyl (C=O) groups is 1. The lowest BCUT2D eigenvalue weighted by molar-refractivity contribution is -0.122. The minimum Gasteiger partial charge on any atom is -0.337 e. The molecule has 2 atom stereocenters. The molecular weight excluding hydrogens is 455 g/mol. The van der Waals surface area contributed by atoms with Gasteiger partial charge >= 0.3 is 0 Å². The van der Waals surface area contributed by atoms with Crippen LogP contribution in [0, 0.1) is 0 Å². The van der Waals surface area contributed by atoms with Crippen molar-refractivity contribution in [3.63, 3.8) is 0 Å². The number of halogens is 3.